The maximum Gasteiger partial charge on any atom is 0.494 e. The standard InChI is InChI=1S/C15H18BN3O3S/c1-14(2)15(3,4)22-16(21-14)10-6-5-7-11(8-10)18-13(20)12-9-17-19-23-12/h5-9H,1-4H3,(H,18,20). The Labute approximate surface area is 139 Å². The van der Waals surface area contributed by atoms with E-state index in [9.17, 15) is 4.79 Å². The Morgan fingerprint density at radius 2 is 1.91 bits per heavy atom. The zero-order valence-electron chi connectivity index (χ0n) is 13.5. The van der Waals surface area contributed by atoms with Crippen molar-refractivity contribution in [2.75, 3.05) is 5.32 Å². The van der Waals surface area contributed by atoms with Crippen molar-refractivity contribution in [3.8, 4) is 0 Å². The van der Waals surface area contributed by atoms with Crippen LogP contribution in [0.4, 0.5) is 5.69 Å². The molecule has 0 spiro atoms. The topological polar surface area (TPSA) is 73.3 Å². The largest absolute Gasteiger partial charge is 0.494 e. The number of anilines is 1. The van der Waals surface area contributed by atoms with Crippen molar-refractivity contribution >= 4 is 35.7 Å². The lowest BCUT2D eigenvalue weighted by molar-refractivity contribution is 0.00578. The molecule has 1 aromatic heterocycles. The van der Waals surface area contributed by atoms with Crippen molar-refractivity contribution in [3.05, 3.63) is 35.3 Å². The number of carbonyl (C=O) groups excluding carboxylic acids is 1. The second-order valence-electron chi connectivity index (χ2n) is 6.45. The first-order chi connectivity index (χ1) is 10.8. The van der Waals surface area contributed by atoms with Crippen LogP contribution in [0.1, 0.15) is 37.4 Å². The van der Waals surface area contributed by atoms with E-state index in [1.807, 2.05) is 52.0 Å². The summed E-state index contributed by atoms with van der Waals surface area (Å²) in [6.45, 7) is 8.04. The summed E-state index contributed by atoms with van der Waals surface area (Å²) in [5.41, 5.74) is 0.746. The Balaban J connectivity index is 1.77. The molecular weight excluding hydrogens is 313 g/mol. The molecule has 1 saturated heterocycles. The minimum Gasteiger partial charge on any atom is -0.399 e. The van der Waals surface area contributed by atoms with Crippen molar-refractivity contribution < 1.29 is 14.1 Å². The maximum absolute atomic E-state index is 12.1. The van der Waals surface area contributed by atoms with Crippen LogP contribution in [0.15, 0.2) is 30.5 Å². The van der Waals surface area contributed by atoms with Gasteiger partial charge in [0.05, 0.1) is 17.4 Å². The first kappa shape index (κ1) is 16.1. The third kappa shape index (κ3) is 3.15. The van der Waals surface area contributed by atoms with E-state index in [1.54, 1.807) is 0 Å². The molecular formula is C15H18BN3O3S. The van der Waals surface area contributed by atoms with Gasteiger partial charge in [0.1, 0.15) is 4.88 Å². The lowest BCUT2D eigenvalue weighted by Gasteiger charge is -2.32. The van der Waals surface area contributed by atoms with Crippen LogP contribution >= 0.6 is 11.5 Å². The number of hydrogen-bond acceptors (Lipinski definition) is 6. The van der Waals surface area contributed by atoms with E-state index >= 15 is 0 Å². The van der Waals surface area contributed by atoms with Gasteiger partial charge in [0.2, 0.25) is 0 Å². The van der Waals surface area contributed by atoms with Crippen molar-refractivity contribution in [2.24, 2.45) is 0 Å². The second-order valence-corrected chi connectivity index (χ2v) is 7.24. The van der Waals surface area contributed by atoms with E-state index in [0.29, 0.717) is 10.6 Å². The zero-order chi connectivity index (χ0) is 16.7. The average Bonchev–Trinajstić information content (AvgIpc) is 3.06. The first-order valence-electron chi connectivity index (χ1n) is 7.33. The third-order valence-electron chi connectivity index (χ3n) is 4.26. The molecule has 0 bridgehead atoms. The summed E-state index contributed by atoms with van der Waals surface area (Å²) < 4.78 is 15.7. The summed E-state index contributed by atoms with van der Waals surface area (Å²) in [4.78, 5) is 12.5. The SMILES string of the molecule is CC1(C)OB(c2cccc(NC(=O)c3cnns3)c2)OC1(C)C. The van der Waals surface area contributed by atoms with E-state index in [0.717, 1.165) is 17.0 Å². The van der Waals surface area contributed by atoms with Crippen LogP contribution < -0.4 is 10.8 Å². The molecule has 6 nitrogen and oxygen atoms in total. The number of rotatable bonds is 3. The molecule has 0 unspecified atom stereocenters. The van der Waals surface area contributed by atoms with Crippen LogP contribution in [0, 0.1) is 0 Å². The average molecular weight is 331 g/mol. The number of carbonyl (C=O) groups is 1. The molecule has 0 saturated carbocycles. The van der Waals surface area contributed by atoms with Crippen molar-refractivity contribution in [3.63, 3.8) is 0 Å². The van der Waals surface area contributed by atoms with E-state index in [-0.39, 0.29) is 5.91 Å². The number of hydrogen-bond donors (Lipinski definition) is 1. The van der Waals surface area contributed by atoms with Crippen LogP contribution in [-0.4, -0.2) is 33.8 Å². The van der Waals surface area contributed by atoms with Gasteiger partial charge in [-0.25, -0.2) is 0 Å². The zero-order valence-corrected chi connectivity index (χ0v) is 14.3. The maximum atomic E-state index is 12.1. The number of aromatic nitrogens is 2. The van der Waals surface area contributed by atoms with Gasteiger partial charge >= 0.3 is 7.12 Å². The second kappa shape index (κ2) is 5.70. The molecule has 1 amide bonds. The summed E-state index contributed by atoms with van der Waals surface area (Å²) in [6.07, 6.45) is 1.44. The van der Waals surface area contributed by atoms with Gasteiger partial charge in [-0.3, -0.25) is 4.79 Å². The van der Waals surface area contributed by atoms with Crippen LogP contribution in [0.25, 0.3) is 0 Å². The summed E-state index contributed by atoms with van der Waals surface area (Å²) in [5.74, 6) is -0.230. The first-order valence-corrected chi connectivity index (χ1v) is 8.10. The molecule has 1 aliphatic heterocycles. The summed E-state index contributed by atoms with van der Waals surface area (Å²) >= 11 is 1.06. The van der Waals surface area contributed by atoms with Crippen LogP contribution in [0.5, 0.6) is 0 Å². The molecule has 1 aliphatic rings. The fraction of sp³-hybridized carbons (Fsp3) is 0.400. The van der Waals surface area contributed by atoms with E-state index in [1.165, 1.54) is 6.20 Å². The number of nitrogens with zero attached hydrogens (tertiary/aromatic N) is 2. The van der Waals surface area contributed by atoms with Crippen LogP contribution in [0.3, 0.4) is 0 Å². The van der Waals surface area contributed by atoms with Crippen molar-refractivity contribution in [2.45, 2.75) is 38.9 Å². The highest BCUT2D eigenvalue weighted by Gasteiger charge is 2.51. The lowest BCUT2D eigenvalue weighted by Crippen LogP contribution is -2.41. The summed E-state index contributed by atoms with van der Waals surface area (Å²) in [5, 5.41) is 6.50. The van der Waals surface area contributed by atoms with Crippen LogP contribution in [0.2, 0.25) is 0 Å². The normalized spacial score (nSPS) is 18.9. The monoisotopic (exact) mass is 331 g/mol. The fourth-order valence-corrected chi connectivity index (χ4v) is 2.61. The lowest BCUT2D eigenvalue weighted by atomic mass is 9.79. The molecule has 1 N–H and O–H groups in total. The van der Waals surface area contributed by atoms with Gasteiger partial charge in [-0.1, -0.05) is 16.6 Å². The molecule has 0 aliphatic carbocycles. The van der Waals surface area contributed by atoms with E-state index in [2.05, 4.69) is 14.9 Å². The molecule has 1 aromatic carbocycles. The molecule has 120 valence electrons. The van der Waals surface area contributed by atoms with E-state index in [4.69, 9.17) is 9.31 Å². The molecule has 23 heavy (non-hydrogen) atoms. The number of amides is 1. The van der Waals surface area contributed by atoms with E-state index < -0.39 is 18.3 Å². The Morgan fingerprint density at radius 1 is 1.22 bits per heavy atom. The van der Waals surface area contributed by atoms with Gasteiger partial charge in [0.25, 0.3) is 5.91 Å². The smallest absolute Gasteiger partial charge is 0.399 e. The van der Waals surface area contributed by atoms with Crippen LogP contribution in [-0.2, 0) is 9.31 Å². The van der Waals surface area contributed by atoms with Gasteiger partial charge in [0.15, 0.2) is 0 Å². The Morgan fingerprint density at radius 3 is 2.52 bits per heavy atom. The molecule has 1 fully saturated rings. The van der Waals surface area contributed by atoms with Gasteiger partial charge < -0.3 is 14.6 Å². The van der Waals surface area contributed by atoms with Gasteiger partial charge in [-0.2, -0.15) is 0 Å². The predicted molar refractivity (Wildman–Crippen MR) is 90.0 cm³/mol. The Kier molecular flexibility index (Phi) is 3.99. The quantitative estimate of drug-likeness (QED) is 0.872. The molecule has 3 rings (SSSR count). The fourth-order valence-electron chi connectivity index (χ4n) is 2.20. The van der Waals surface area contributed by atoms with Gasteiger partial charge in [-0.05, 0) is 56.8 Å². The van der Waals surface area contributed by atoms with Crippen molar-refractivity contribution in [1.29, 1.82) is 0 Å². The summed E-state index contributed by atoms with van der Waals surface area (Å²) in [7, 11) is -0.457. The summed E-state index contributed by atoms with van der Waals surface area (Å²) in [6, 6.07) is 7.46. The Hall–Kier alpha value is -1.77. The molecule has 0 radical (unpaired) electrons. The molecule has 2 aromatic rings. The minimum atomic E-state index is -0.457. The van der Waals surface area contributed by atoms with Gasteiger partial charge in [-0.15, -0.1) is 5.10 Å². The predicted octanol–water partition coefficient (Wildman–Crippen LogP) is 2.09. The number of benzene rings is 1. The molecule has 8 heteroatoms. The van der Waals surface area contributed by atoms with Gasteiger partial charge in [0, 0.05) is 5.69 Å². The Bertz CT molecular complexity index is 703. The van der Waals surface area contributed by atoms with Crippen molar-refractivity contribution in [1.82, 2.24) is 9.59 Å². The highest BCUT2D eigenvalue weighted by atomic mass is 32.1. The highest BCUT2D eigenvalue weighted by molar-refractivity contribution is 7.07. The molecule has 0 atom stereocenters. The number of nitrogens with one attached hydrogen (secondary N) is 1. The minimum absolute atomic E-state index is 0.230. The molecule has 2 heterocycles. The highest BCUT2D eigenvalue weighted by Crippen LogP contribution is 2.36. The third-order valence-corrected chi connectivity index (χ3v) is 4.92.